The zero-order valence-electron chi connectivity index (χ0n) is 23.0. The van der Waals surface area contributed by atoms with Gasteiger partial charge in [0.15, 0.2) is 0 Å². The van der Waals surface area contributed by atoms with Crippen LogP contribution in [0.15, 0.2) is 48.5 Å². The molecule has 2 aliphatic heterocycles. The third-order valence-electron chi connectivity index (χ3n) is 8.18. The van der Waals surface area contributed by atoms with Crippen LogP contribution in [0.4, 0.5) is 5.69 Å². The molecule has 0 radical (unpaired) electrons. The molecule has 1 spiro atoms. The lowest BCUT2D eigenvalue weighted by Crippen LogP contribution is -2.48. The second-order valence-electron chi connectivity index (χ2n) is 10.8. The van der Waals surface area contributed by atoms with Crippen LogP contribution in [0.2, 0.25) is 0 Å². The molecule has 0 atom stereocenters. The zero-order chi connectivity index (χ0) is 26.8. The molecule has 0 aromatic heterocycles. The summed E-state index contributed by atoms with van der Waals surface area (Å²) in [4.78, 5) is 29.8. The first-order valence-corrected chi connectivity index (χ1v) is 14.1. The van der Waals surface area contributed by atoms with Crippen molar-refractivity contribution in [1.29, 1.82) is 0 Å². The summed E-state index contributed by atoms with van der Waals surface area (Å²) in [6.07, 6.45) is 7.77. The van der Waals surface area contributed by atoms with Gasteiger partial charge in [-0.1, -0.05) is 36.8 Å². The number of methoxy groups -OCH3 is 1. The van der Waals surface area contributed by atoms with Gasteiger partial charge in [0, 0.05) is 46.1 Å². The maximum atomic E-state index is 13.1. The number of ether oxygens (including phenoxy) is 2. The average Bonchev–Trinajstić information content (AvgIpc) is 2.95. The van der Waals surface area contributed by atoms with E-state index in [4.69, 9.17) is 9.47 Å². The van der Waals surface area contributed by atoms with E-state index < -0.39 is 0 Å². The molecule has 2 heterocycles. The van der Waals surface area contributed by atoms with E-state index in [0.717, 1.165) is 68.8 Å². The number of rotatable bonds is 5. The molecule has 1 N–H and O–H groups in total. The first kappa shape index (κ1) is 27.8. The van der Waals surface area contributed by atoms with Gasteiger partial charge in [0.1, 0.15) is 11.5 Å². The van der Waals surface area contributed by atoms with Crippen LogP contribution in [0.5, 0.6) is 11.5 Å². The third kappa shape index (κ3) is 7.42. The van der Waals surface area contributed by atoms with Crippen LogP contribution >= 0.6 is 0 Å². The lowest BCUT2D eigenvalue weighted by atomic mass is 9.74. The number of aryl methyl sites for hydroxylation is 1. The minimum absolute atomic E-state index is 0.0563. The fraction of sp³-hybridized carbons (Fsp3) is 0.548. The zero-order valence-corrected chi connectivity index (χ0v) is 23.0. The van der Waals surface area contributed by atoms with Gasteiger partial charge in [-0.15, -0.1) is 0 Å². The summed E-state index contributed by atoms with van der Waals surface area (Å²) in [5.74, 6) is 2.05. The van der Waals surface area contributed by atoms with Crippen LogP contribution in [-0.4, -0.2) is 63.7 Å². The van der Waals surface area contributed by atoms with Gasteiger partial charge in [-0.05, 0) is 67.7 Å². The number of carbonyl (C=O) groups is 2. The second-order valence-corrected chi connectivity index (χ2v) is 10.8. The molecular formula is C31H43N3O4. The minimum atomic E-state index is 0.0563. The van der Waals surface area contributed by atoms with E-state index in [0.29, 0.717) is 39.0 Å². The van der Waals surface area contributed by atoms with Crippen LogP contribution in [0.3, 0.4) is 0 Å². The topological polar surface area (TPSA) is 71.1 Å². The molecule has 7 heteroatoms. The van der Waals surface area contributed by atoms with Crippen LogP contribution in [0.1, 0.15) is 56.9 Å². The second kappa shape index (κ2) is 13.5. The first-order chi connectivity index (χ1) is 18.5. The van der Waals surface area contributed by atoms with Crippen molar-refractivity contribution in [3.8, 4) is 11.5 Å². The number of fused-ring (bicyclic) bond motifs is 1. The van der Waals surface area contributed by atoms with Gasteiger partial charge in [-0.2, -0.15) is 0 Å². The van der Waals surface area contributed by atoms with E-state index in [1.165, 1.54) is 5.56 Å². The number of nitrogens with one attached hydrogen (secondary N) is 1. The molecule has 206 valence electrons. The summed E-state index contributed by atoms with van der Waals surface area (Å²) >= 11 is 0. The highest BCUT2D eigenvalue weighted by molar-refractivity contribution is 5.77. The van der Waals surface area contributed by atoms with Crippen molar-refractivity contribution in [2.75, 3.05) is 51.8 Å². The van der Waals surface area contributed by atoms with Crippen LogP contribution in [0.25, 0.3) is 0 Å². The minimum Gasteiger partial charge on any atom is -0.495 e. The predicted molar refractivity (Wildman–Crippen MR) is 151 cm³/mol. The highest BCUT2D eigenvalue weighted by Crippen LogP contribution is 2.37. The number of piperidine rings is 1. The fourth-order valence-electron chi connectivity index (χ4n) is 5.69. The summed E-state index contributed by atoms with van der Waals surface area (Å²) in [5.41, 5.74) is 2.30. The summed E-state index contributed by atoms with van der Waals surface area (Å²) in [6, 6.07) is 16.2. The molecule has 0 bridgehead atoms. The number of carbonyl (C=O) groups excluding carboxylic acids is 2. The Morgan fingerprint density at radius 1 is 1.03 bits per heavy atom. The van der Waals surface area contributed by atoms with Gasteiger partial charge in [0.25, 0.3) is 0 Å². The van der Waals surface area contributed by atoms with Gasteiger partial charge in [0.05, 0.1) is 19.4 Å². The number of nitrogens with zero attached hydrogens (tertiary/aromatic N) is 2. The number of hydrogen-bond donors (Lipinski definition) is 1. The Morgan fingerprint density at radius 2 is 1.79 bits per heavy atom. The lowest BCUT2D eigenvalue weighted by molar-refractivity contribution is -0.134. The quantitative estimate of drug-likeness (QED) is 0.610. The molecule has 7 nitrogen and oxygen atoms in total. The Kier molecular flexibility index (Phi) is 9.91. The van der Waals surface area contributed by atoms with Gasteiger partial charge >= 0.3 is 0 Å². The summed E-state index contributed by atoms with van der Waals surface area (Å²) < 4.78 is 11.4. The largest absolute Gasteiger partial charge is 0.495 e. The van der Waals surface area contributed by atoms with E-state index in [2.05, 4.69) is 22.3 Å². The smallest absolute Gasteiger partial charge is 0.224 e. The van der Waals surface area contributed by atoms with Gasteiger partial charge < -0.3 is 24.6 Å². The highest BCUT2D eigenvalue weighted by Gasteiger charge is 2.35. The van der Waals surface area contributed by atoms with Crippen molar-refractivity contribution in [3.63, 3.8) is 0 Å². The van der Waals surface area contributed by atoms with Crippen molar-refractivity contribution in [3.05, 3.63) is 54.1 Å². The van der Waals surface area contributed by atoms with Crippen molar-refractivity contribution in [2.24, 2.45) is 5.41 Å². The maximum absolute atomic E-state index is 13.1. The van der Waals surface area contributed by atoms with Gasteiger partial charge in [-0.3, -0.25) is 9.59 Å². The normalized spacial score (nSPS) is 18.5. The van der Waals surface area contributed by atoms with Crippen LogP contribution in [0, 0.1) is 5.41 Å². The Morgan fingerprint density at radius 3 is 2.61 bits per heavy atom. The number of likely N-dealkylation sites (tertiary alicyclic amines) is 1. The number of benzene rings is 2. The number of hydrogen-bond acceptors (Lipinski definition) is 5. The van der Waals surface area contributed by atoms with Crippen molar-refractivity contribution >= 4 is 17.5 Å². The molecule has 0 unspecified atom stereocenters. The molecule has 1 fully saturated rings. The maximum Gasteiger partial charge on any atom is 0.224 e. The number of anilines is 1. The van der Waals surface area contributed by atoms with Crippen molar-refractivity contribution in [2.45, 2.75) is 57.8 Å². The van der Waals surface area contributed by atoms with Crippen LogP contribution < -0.4 is 19.7 Å². The van der Waals surface area contributed by atoms with Crippen molar-refractivity contribution in [1.82, 2.24) is 10.2 Å². The molecule has 4 rings (SSSR count). The Bertz CT molecular complexity index is 1060. The molecule has 38 heavy (non-hydrogen) atoms. The average molecular weight is 522 g/mol. The number of amides is 2. The van der Waals surface area contributed by atoms with E-state index >= 15 is 0 Å². The highest BCUT2D eigenvalue weighted by atomic mass is 16.5. The Hall–Kier alpha value is -3.22. The molecule has 1 saturated heterocycles. The summed E-state index contributed by atoms with van der Waals surface area (Å²) in [7, 11) is 3.67. The van der Waals surface area contributed by atoms with Gasteiger partial charge in [0.2, 0.25) is 11.8 Å². The molecule has 2 amide bonds. The predicted octanol–water partition coefficient (Wildman–Crippen LogP) is 4.83. The fourth-order valence-corrected chi connectivity index (χ4v) is 5.69. The van der Waals surface area contributed by atoms with Crippen molar-refractivity contribution < 1.29 is 19.1 Å². The molecule has 2 aromatic carbocycles. The Labute approximate surface area is 227 Å². The van der Waals surface area contributed by atoms with E-state index in [-0.39, 0.29) is 17.2 Å². The molecular weight excluding hydrogens is 478 g/mol. The summed E-state index contributed by atoms with van der Waals surface area (Å²) in [5, 5.41) is 3.21. The first-order valence-electron chi connectivity index (χ1n) is 14.1. The Balaban J connectivity index is 1.32. The summed E-state index contributed by atoms with van der Waals surface area (Å²) in [6.45, 7) is 3.40. The van der Waals surface area contributed by atoms with E-state index in [1.54, 1.807) is 7.11 Å². The van der Waals surface area contributed by atoms with Crippen LogP contribution in [-0.2, 0) is 16.0 Å². The molecule has 0 saturated carbocycles. The monoisotopic (exact) mass is 521 g/mol. The van der Waals surface area contributed by atoms with E-state index in [9.17, 15) is 9.59 Å². The lowest BCUT2D eigenvalue weighted by Gasteiger charge is -2.42. The molecule has 2 aromatic rings. The third-order valence-corrected chi connectivity index (χ3v) is 8.18. The van der Waals surface area contributed by atoms with E-state index in [1.807, 2.05) is 48.3 Å². The molecule has 0 aliphatic carbocycles. The van der Waals surface area contributed by atoms with Gasteiger partial charge in [-0.25, -0.2) is 0 Å². The number of para-hydroxylation sites is 3. The standard InChI is InChI=1S/C31H43N3O4/c1-33(26-12-4-6-14-28(26)37-2)20-16-30(36)34-21-18-31(19-22-34)17-8-7-11-25-10-3-5-13-27(25)38-23-9-15-29(35)32-24-31/h3-6,10,12-14H,7-9,11,15-24H2,1-2H3,(H,32,35). The molecule has 2 aliphatic rings. The SMILES string of the molecule is COc1ccccc1N(C)CCC(=O)N1CCC2(CCCCc3ccccc3OCCCC(=O)NC2)CC1.